The number of unbranched alkanes of at least 4 members (excludes halogenated alkanes) is 3. The number of anilines is 1. The normalized spacial score (nSPS) is 11.4. The van der Waals surface area contributed by atoms with Crippen LogP contribution < -0.4 is 9.64 Å². The number of likely N-dealkylation sites (N-methyl/N-ethyl adjacent to an activating group) is 1. The van der Waals surface area contributed by atoms with Gasteiger partial charge in [0.15, 0.2) is 0 Å². The van der Waals surface area contributed by atoms with Gasteiger partial charge in [0.1, 0.15) is 5.75 Å². The van der Waals surface area contributed by atoms with Gasteiger partial charge in [-0.3, -0.25) is 4.79 Å². The van der Waals surface area contributed by atoms with Crippen LogP contribution in [0.2, 0.25) is 0 Å². The summed E-state index contributed by atoms with van der Waals surface area (Å²) in [6.07, 6.45) is 1.86. The van der Waals surface area contributed by atoms with Crippen molar-refractivity contribution in [2.75, 3.05) is 38.7 Å². The molecule has 174 valence electrons. The van der Waals surface area contributed by atoms with E-state index in [9.17, 15) is 18.0 Å². The van der Waals surface area contributed by atoms with Crippen molar-refractivity contribution in [2.45, 2.75) is 31.9 Å². The molecular formula is C25H31F3N2O2. The highest BCUT2D eigenvalue weighted by Gasteiger charge is 2.30. The number of nitrogens with zero attached hydrogens (tertiary/aromatic N) is 2. The highest BCUT2D eigenvalue weighted by molar-refractivity contribution is 6.05. The minimum atomic E-state index is -4.43. The molecule has 2 rings (SSSR count). The Morgan fingerprint density at radius 2 is 1.59 bits per heavy atom. The van der Waals surface area contributed by atoms with Crippen molar-refractivity contribution in [3.8, 4) is 5.75 Å². The molecule has 0 saturated heterocycles. The molecule has 0 aromatic heterocycles. The molecule has 7 heteroatoms. The molecule has 0 radical (unpaired) electrons. The fraction of sp³-hybridized carbons (Fsp3) is 0.400. The molecule has 0 aliphatic rings. The van der Waals surface area contributed by atoms with E-state index in [1.165, 1.54) is 17.0 Å². The summed E-state index contributed by atoms with van der Waals surface area (Å²) in [5.74, 6) is 0.334. The van der Waals surface area contributed by atoms with E-state index in [0.717, 1.165) is 56.7 Å². The molecule has 32 heavy (non-hydrogen) atoms. The number of halogens is 3. The van der Waals surface area contributed by atoms with Crippen molar-refractivity contribution in [3.63, 3.8) is 0 Å². The topological polar surface area (TPSA) is 32.8 Å². The summed E-state index contributed by atoms with van der Waals surface area (Å²) in [5.41, 5.74) is 0.0423. The highest BCUT2D eigenvalue weighted by Crippen LogP contribution is 2.29. The van der Waals surface area contributed by atoms with Crippen molar-refractivity contribution in [2.24, 2.45) is 0 Å². The van der Waals surface area contributed by atoms with Gasteiger partial charge >= 0.3 is 6.18 Å². The maximum Gasteiger partial charge on any atom is 0.416 e. The first kappa shape index (κ1) is 25.5. The lowest BCUT2D eigenvalue weighted by Gasteiger charge is -2.18. The van der Waals surface area contributed by atoms with Gasteiger partial charge in [0, 0.05) is 24.8 Å². The number of hydrogen-bond donors (Lipinski definition) is 0. The van der Waals surface area contributed by atoms with Gasteiger partial charge in [-0.2, -0.15) is 13.2 Å². The number of hydrogen-bond acceptors (Lipinski definition) is 3. The first-order chi connectivity index (χ1) is 15.2. The number of carbonyl (C=O) groups excluding carboxylic acids is 1. The van der Waals surface area contributed by atoms with Crippen molar-refractivity contribution >= 4 is 11.6 Å². The fourth-order valence-electron chi connectivity index (χ4n) is 3.22. The number of alkyl halides is 3. The van der Waals surface area contributed by atoms with Crippen LogP contribution in [0.15, 0.2) is 61.2 Å². The summed E-state index contributed by atoms with van der Waals surface area (Å²) in [5, 5.41) is 0. The number of amides is 1. The molecule has 2 aromatic carbocycles. The second-order valence-electron chi connectivity index (χ2n) is 7.75. The van der Waals surface area contributed by atoms with Crippen LogP contribution in [0.4, 0.5) is 18.9 Å². The van der Waals surface area contributed by atoms with Gasteiger partial charge in [-0.05, 0) is 75.0 Å². The van der Waals surface area contributed by atoms with E-state index in [2.05, 4.69) is 18.5 Å². The molecule has 0 fully saturated rings. The lowest BCUT2D eigenvalue weighted by atomic mass is 10.1. The van der Waals surface area contributed by atoms with Gasteiger partial charge in [-0.25, -0.2) is 0 Å². The monoisotopic (exact) mass is 448 g/mol. The Balaban J connectivity index is 1.76. The summed E-state index contributed by atoms with van der Waals surface area (Å²) in [7, 11) is 3.67. The van der Waals surface area contributed by atoms with Crippen LogP contribution in [0.1, 0.15) is 41.6 Å². The van der Waals surface area contributed by atoms with Gasteiger partial charge in [0.05, 0.1) is 12.2 Å². The third-order valence-electron chi connectivity index (χ3n) is 5.13. The number of rotatable bonds is 12. The van der Waals surface area contributed by atoms with Crippen LogP contribution in [0.25, 0.3) is 0 Å². The van der Waals surface area contributed by atoms with E-state index in [1.807, 2.05) is 6.08 Å². The van der Waals surface area contributed by atoms with Gasteiger partial charge in [-0.1, -0.05) is 18.9 Å². The zero-order chi connectivity index (χ0) is 23.6. The molecule has 0 spiro atoms. The summed E-state index contributed by atoms with van der Waals surface area (Å²) in [4.78, 5) is 16.2. The summed E-state index contributed by atoms with van der Waals surface area (Å²) in [6, 6.07) is 11.3. The molecule has 2 aromatic rings. The van der Waals surface area contributed by atoms with Crippen LogP contribution >= 0.6 is 0 Å². The lowest BCUT2D eigenvalue weighted by molar-refractivity contribution is -0.137. The standard InChI is InChI=1S/C25H31F3N2O2/c1-4-17-29(2)18-7-5-6-8-19-32-23-15-13-22(14-16-23)30(3)24(31)20-9-11-21(12-10-20)25(26,27)28/h4,9-16H,1,5-8,17-19H2,2-3H3. The Morgan fingerprint density at radius 1 is 0.969 bits per heavy atom. The molecule has 4 nitrogen and oxygen atoms in total. The quantitative estimate of drug-likeness (QED) is 0.293. The molecule has 0 aliphatic carbocycles. The van der Waals surface area contributed by atoms with Crippen LogP contribution in [-0.4, -0.2) is 44.6 Å². The van der Waals surface area contributed by atoms with Crippen LogP contribution in [0, 0.1) is 0 Å². The first-order valence-electron chi connectivity index (χ1n) is 10.7. The Morgan fingerprint density at radius 3 is 2.19 bits per heavy atom. The van der Waals surface area contributed by atoms with Crippen LogP contribution in [0.3, 0.4) is 0 Å². The lowest BCUT2D eigenvalue weighted by Crippen LogP contribution is -2.26. The van der Waals surface area contributed by atoms with Gasteiger partial charge in [0.25, 0.3) is 5.91 Å². The fourth-order valence-corrected chi connectivity index (χ4v) is 3.22. The molecule has 0 heterocycles. The van der Waals surface area contributed by atoms with Crippen molar-refractivity contribution in [3.05, 3.63) is 72.3 Å². The zero-order valence-electron chi connectivity index (χ0n) is 18.7. The van der Waals surface area contributed by atoms with E-state index in [0.29, 0.717) is 12.3 Å². The Kier molecular flexibility index (Phi) is 9.78. The maximum atomic E-state index is 12.7. The summed E-state index contributed by atoms with van der Waals surface area (Å²) < 4.78 is 43.8. The minimum absolute atomic E-state index is 0.191. The average Bonchev–Trinajstić information content (AvgIpc) is 2.77. The van der Waals surface area contributed by atoms with Crippen molar-refractivity contribution < 1.29 is 22.7 Å². The van der Waals surface area contributed by atoms with Crippen molar-refractivity contribution in [1.82, 2.24) is 4.90 Å². The van der Waals surface area contributed by atoms with Gasteiger partial charge in [0.2, 0.25) is 0 Å². The van der Waals surface area contributed by atoms with E-state index in [4.69, 9.17) is 4.74 Å². The second-order valence-corrected chi connectivity index (χ2v) is 7.75. The Hall–Kier alpha value is -2.80. The average molecular weight is 449 g/mol. The first-order valence-corrected chi connectivity index (χ1v) is 10.7. The summed E-state index contributed by atoms with van der Waals surface area (Å²) in [6.45, 7) is 6.33. The minimum Gasteiger partial charge on any atom is -0.494 e. The van der Waals surface area contributed by atoms with E-state index in [-0.39, 0.29) is 11.5 Å². The van der Waals surface area contributed by atoms with Gasteiger partial charge < -0.3 is 14.5 Å². The smallest absolute Gasteiger partial charge is 0.416 e. The number of carbonyl (C=O) groups is 1. The maximum absolute atomic E-state index is 12.7. The van der Waals surface area contributed by atoms with E-state index < -0.39 is 11.7 Å². The van der Waals surface area contributed by atoms with Gasteiger partial charge in [-0.15, -0.1) is 6.58 Å². The van der Waals surface area contributed by atoms with Crippen LogP contribution in [0.5, 0.6) is 5.75 Å². The van der Waals surface area contributed by atoms with Crippen LogP contribution in [-0.2, 0) is 6.18 Å². The number of ether oxygens (including phenoxy) is 1. The Bertz CT molecular complexity index is 849. The number of benzene rings is 2. The molecule has 1 amide bonds. The van der Waals surface area contributed by atoms with E-state index in [1.54, 1.807) is 31.3 Å². The largest absolute Gasteiger partial charge is 0.494 e. The second kappa shape index (κ2) is 12.3. The Labute approximate surface area is 188 Å². The molecule has 0 unspecified atom stereocenters. The predicted octanol–water partition coefficient (Wildman–Crippen LogP) is 6.04. The van der Waals surface area contributed by atoms with E-state index >= 15 is 0 Å². The summed E-state index contributed by atoms with van der Waals surface area (Å²) >= 11 is 0. The SMILES string of the molecule is C=CCN(C)CCCCCCOc1ccc(N(C)C(=O)c2ccc(C(F)(F)F)cc2)cc1. The molecule has 0 saturated carbocycles. The molecule has 0 bridgehead atoms. The predicted molar refractivity (Wildman–Crippen MR) is 122 cm³/mol. The highest BCUT2D eigenvalue weighted by atomic mass is 19.4. The van der Waals surface area contributed by atoms with Crippen molar-refractivity contribution in [1.29, 1.82) is 0 Å². The zero-order valence-corrected chi connectivity index (χ0v) is 18.7. The molecule has 0 aliphatic heterocycles. The molecule has 0 atom stereocenters. The molecule has 0 N–H and O–H groups in total. The molecular weight excluding hydrogens is 417 g/mol. The third kappa shape index (κ3) is 8.04. The third-order valence-corrected chi connectivity index (χ3v) is 5.13.